The second kappa shape index (κ2) is 7.15. The largest absolute Gasteiger partial charge is 0.496 e. The van der Waals surface area contributed by atoms with Gasteiger partial charge in [-0.05, 0) is 49.1 Å². The van der Waals surface area contributed by atoms with Crippen LogP contribution in [0.1, 0.15) is 36.1 Å². The molecular formula is C18H23NO3S. The molecule has 0 amide bonds. The Balaban J connectivity index is 2.37. The second-order valence-corrected chi connectivity index (χ2v) is 7.26. The molecule has 0 heterocycles. The van der Waals surface area contributed by atoms with E-state index in [0.717, 1.165) is 11.1 Å². The fourth-order valence-corrected chi connectivity index (χ4v) is 4.21. The fourth-order valence-electron chi connectivity index (χ4n) is 2.60. The third kappa shape index (κ3) is 3.92. The Morgan fingerprint density at radius 3 is 2.30 bits per heavy atom. The molecule has 0 saturated carbocycles. The molecule has 0 spiro atoms. The molecular weight excluding hydrogens is 310 g/mol. The molecule has 1 atom stereocenters. The van der Waals surface area contributed by atoms with Crippen molar-refractivity contribution in [2.24, 2.45) is 0 Å². The number of hydrogen-bond donors (Lipinski definition) is 1. The average Bonchev–Trinajstić information content (AvgIpc) is 2.55. The normalized spacial score (nSPS) is 12.9. The molecule has 0 aliphatic carbocycles. The zero-order chi connectivity index (χ0) is 17.0. The minimum absolute atomic E-state index is 0.247. The molecule has 5 heteroatoms. The van der Waals surface area contributed by atoms with Crippen LogP contribution in [0.25, 0.3) is 0 Å². The molecule has 0 unspecified atom stereocenters. The van der Waals surface area contributed by atoms with Gasteiger partial charge in [0.2, 0.25) is 10.0 Å². The van der Waals surface area contributed by atoms with E-state index in [1.54, 1.807) is 26.2 Å². The molecule has 23 heavy (non-hydrogen) atoms. The topological polar surface area (TPSA) is 55.4 Å². The van der Waals surface area contributed by atoms with Gasteiger partial charge in [0.05, 0.1) is 12.0 Å². The molecule has 0 saturated heterocycles. The SMILES string of the molecule is CC[C@H](NS(=O)(=O)c1cc(C)c(OC)cc1C)c1ccccc1. The number of benzene rings is 2. The molecule has 0 bridgehead atoms. The molecule has 2 rings (SSSR count). The van der Waals surface area contributed by atoms with Gasteiger partial charge in [0, 0.05) is 6.04 Å². The maximum absolute atomic E-state index is 12.8. The number of nitrogens with one attached hydrogen (secondary N) is 1. The summed E-state index contributed by atoms with van der Waals surface area (Å²) in [6, 6.07) is 12.8. The number of aryl methyl sites for hydroxylation is 2. The van der Waals surface area contributed by atoms with Crippen molar-refractivity contribution in [3.63, 3.8) is 0 Å². The van der Waals surface area contributed by atoms with Crippen LogP contribution in [0.15, 0.2) is 47.4 Å². The van der Waals surface area contributed by atoms with Gasteiger partial charge in [0.15, 0.2) is 0 Å². The maximum Gasteiger partial charge on any atom is 0.241 e. The lowest BCUT2D eigenvalue weighted by molar-refractivity contribution is 0.411. The summed E-state index contributed by atoms with van der Waals surface area (Å²) >= 11 is 0. The Morgan fingerprint density at radius 1 is 1.09 bits per heavy atom. The average molecular weight is 333 g/mol. The lowest BCUT2D eigenvalue weighted by Gasteiger charge is -2.19. The van der Waals surface area contributed by atoms with Crippen LogP contribution in [0.3, 0.4) is 0 Å². The van der Waals surface area contributed by atoms with Crippen molar-refractivity contribution in [3.8, 4) is 5.75 Å². The van der Waals surface area contributed by atoms with Crippen molar-refractivity contribution >= 4 is 10.0 Å². The third-order valence-corrected chi connectivity index (χ3v) is 5.50. The molecule has 2 aromatic rings. The Labute approximate surface area is 138 Å². The van der Waals surface area contributed by atoms with Gasteiger partial charge in [-0.3, -0.25) is 0 Å². The highest BCUT2D eigenvalue weighted by atomic mass is 32.2. The van der Waals surface area contributed by atoms with Crippen LogP contribution in [0.5, 0.6) is 5.75 Å². The number of rotatable bonds is 6. The van der Waals surface area contributed by atoms with Gasteiger partial charge in [0.25, 0.3) is 0 Å². The van der Waals surface area contributed by atoms with Crippen molar-refractivity contribution in [2.75, 3.05) is 7.11 Å². The first-order chi connectivity index (χ1) is 10.9. The summed E-state index contributed by atoms with van der Waals surface area (Å²) < 4.78 is 33.7. The molecule has 1 N–H and O–H groups in total. The minimum Gasteiger partial charge on any atom is -0.496 e. The van der Waals surface area contributed by atoms with E-state index in [1.165, 1.54) is 0 Å². The smallest absolute Gasteiger partial charge is 0.241 e. The second-order valence-electron chi connectivity index (χ2n) is 5.58. The third-order valence-electron chi connectivity index (χ3n) is 3.89. The first-order valence-corrected chi connectivity index (χ1v) is 9.10. The van der Waals surface area contributed by atoms with Crippen molar-refractivity contribution in [1.29, 1.82) is 0 Å². The minimum atomic E-state index is -3.60. The zero-order valence-electron chi connectivity index (χ0n) is 14.0. The summed E-state index contributed by atoms with van der Waals surface area (Å²) in [5.41, 5.74) is 2.43. The van der Waals surface area contributed by atoms with Crippen molar-refractivity contribution < 1.29 is 13.2 Å². The predicted octanol–water partition coefficient (Wildman–Crippen LogP) is 3.74. The van der Waals surface area contributed by atoms with E-state index in [1.807, 2.05) is 44.2 Å². The molecule has 0 aliphatic heterocycles. The van der Waals surface area contributed by atoms with Crippen LogP contribution in [0.4, 0.5) is 0 Å². The van der Waals surface area contributed by atoms with Crippen LogP contribution in [0.2, 0.25) is 0 Å². The Morgan fingerprint density at radius 2 is 1.74 bits per heavy atom. The van der Waals surface area contributed by atoms with E-state index in [9.17, 15) is 8.42 Å². The monoisotopic (exact) mass is 333 g/mol. The van der Waals surface area contributed by atoms with Gasteiger partial charge in [-0.1, -0.05) is 37.3 Å². The first-order valence-electron chi connectivity index (χ1n) is 7.61. The van der Waals surface area contributed by atoms with Crippen LogP contribution in [-0.4, -0.2) is 15.5 Å². The molecule has 0 radical (unpaired) electrons. The fraction of sp³-hybridized carbons (Fsp3) is 0.333. The molecule has 0 aromatic heterocycles. The van der Waals surface area contributed by atoms with Crippen LogP contribution in [-0.2, 0) is 10.0 Å². The van der Waals surface area contributed by atoms with Gasteiger partial charge in [0.1, 0.15) is 5.75 Å². The molecule has 124 valence electrons. The predicted molar refractivity (Wildman–Crippen MR) is 92.3 cm³/mol. The lowest BCUT2D eigenvalue weighted by Crippen LogP contribution is -2.29. The summed E-state index contributed by atoms with van der Waals surface area (Å²) in [6.07, 6.45) is 0.678. The van der Waals surface area contributed by atoms with Crippen LogP contribution >= 0.6 is 0 Å². The summed E-state index contributed by atoms with van der Waals surface area (Å²) in [4.78, 5) is 0.296. The van der Waals surface area contributed by atoms with E-state index in [2.05, 4.69) is 4.72 Å². The van der Waals surface area contributed by atoms with Crippen molar-refractivity contribution in [3.05, 3.63) is 59.2 Å². The quantitative estimate of drug-likeness (QED) is 0.876. The van der Waals surface area contributed by atoms with E-state index < -0.39 is 10.0 Å². The van der Waals surface area contributed by atoms with E-state index in [4.69, 9.17) is 4.74 Å². The van der Waals surface area contributed by atoms with Crippen molar-refractivity contribution in [1.82, 2.24) is 4.72 Å². The first kappa shape index (κ1) is 17.5. The summed E-state index contributed by atoms with van der Waals surface area (Å²) in [7, 11) is -2.02. The van der Waals surface area contributed by atoms with E-state index in [-0.39, 0.29) is 6.04 Å². The number of methoxy groups -OCH3 is 1. The Bertz CT molecular complexity index is 770. The van der Waals surface area contributed by atoms with Gasteiger partial charge >= 0.3 is 0 Å². The van der Waals surface area contributed by atoms with Crippen LogP contribution in [0, 0.1) is 13.8 Å². The van der Waals surface area contributed by atoms with Gasteiger partial charge in [-0.25, -0.2) is 13.1 Å². The lowest BCUT2D eigenvalue weighted by atomic mass is 10.1. The van der Waals surface area contributed by atoms with Crippen molar-refractivity contribution in [2.45, 2.75) is 38.1 Å². The van der Waals surface area contributed by atoms with Crippen LogP contribution < -0.4 is 9.46 Å². The van der Waals surface area contributed by atoms with E-state index >= 15 is 0 Å². The molecule has 2 aromatic carbocycles. The molecule has 0 aliphatic rings. The molecule has 0 fully saturated rings. The maximum atomic E-state index is 12.8. The highest BCUT2D eigenvalue weighted by molar-refractivity contribution is 7.89. The number of hydrogen-bond acceptors (Lipinski definition) is 3. The highest BCUT2D eigenvalue weighted by Gasteiger charge is 2.23. The van der Waals surface area contributed by atoms with Gasteiger partial charge in [-0.15, -0.1) is 0 Å². The number of sulfonamides is 1. The summed E-state index contributed by atoms with van der Waals surface area (Å²) in [5, 5.41) is 0. The zero-order valence-corrected chi connectivity index (χ0v) is 14.8. The number of ether oxygens (including phenoxy) is 1. The Hall–Kier alpha value is -1.85. The highest BCUT2D eigenvalue weighted by Crippen LogP contribution is 2.27. The summed E-state index contributed by atoms with van der Waals surface area (Å²) in [5.74, 6) is 0.691. The standard InChI is InChI=1S/C18H23NO3S/c1-5-16(15-9-7-6-8-10-15)19-23(20,21)18-12-13(2)17(22-4)11-14(18)3/h6-12,16,19H,5H2,1-4H3/t16-/m0/s1. The Kier molecular flexibility index (Phi) is 5.44. The van der Waals surface area contributed by atoms with Gasteiger partial charge < -0.3 is 4.74 Å². The van der Waals surface area contributed by atoms with Gasteiger partial charge in [-0.2, -0.15) is 0 Å². The molecule has 4 nitrogen and oxygen atoms in total. The summed E-state index contributed by atoms with van der Waals surface area (Å²) in [6.45, 7) is 5.58. The van der Waals surface area contributed by atoms with E-state index in [0.29, 0.717) is 22.6 Å².